The number of hydrogen-bond donors (Lipinski definition) is 2. The van der Waals surface area contributed by atoms with Crippen LogP contribution in [0, 0.1) is 0 Å². The fraction of sp³-hybridized carbons (Fsp3) is 0.609. The molecule has 4 heterocycles. The molecular weight excluding hydrogens is 408 g/mol. The topological polar surface area (TPSA) is 108 Å². The van der Waals surface area contributed by atoms with E-state index in [9.17, 15) is 4.79 Å². The van der Waals surface area contributed by atoms with E-state index in [0.29, 0.717) is 18.4 Å². The number of ether oxygens (including phenoxy) is 2. The van der Waals surface area contributed by atoms with Crippen molar-refractivity contribution in [2.45, 2.75) is 64.1 Å². The summed E-state index contributed by atoms with van der Waals surface area (Å²) in [6.07, 6.45) is 9.24. The number of piperidine rings is 1. The number of carbonyl (C=O) groups is 1. The van der Waals surface area contributed by atoms with Crippen molar-refractivity contribution in [2.24, 2.45) is 0 Å². The van der Waals surface area contributed by atoms with Crippen molar-refractivity contribution in [3.05, 3.63) is 24.7 Å². The van der Waals surface area contributed by atoms with Crippen LogP contribution in [0.5, 0.6) is 0 Å². The maximum Gasteiger partial charge on any atom is 0.407 e. The Labute approximate surface area is 189 Å². The third kappa shape index (κ3) is 5.51. The number of hydrogen-bond acceptors (Lipinski definition) is 7. The van der Waals surface area contributed by atoms with E-state index >= 15 is 0 Å². The SMILES string of the molecule is CC(C)(C)OC(=O)N[C@H]1CCCN(c2cc(N)ncc2-c2cnn(C3CCOCC3)c2)C1. The monoisotopic (exact) mass is 442 g/mol. The Bertz CT molecular complexity index is 932. The Morgan fingerprint density at radius 3 is 2.78 bits per heavy atom. The molecule has 2 aliphatic heterocycles. The highest BCUT2D eigenvalue weighted by molar-refractivity contribution is 5.79. The second-order valence-corrected chi connectivity index (χ2v) is 9.61. The zero-order valence-corrected chi connectivity index (χ0v) is 19.2. The summed E-state index contributed by atoms with van der Waals surface area (Å²) in [5, 5.41) is 7.64. The van der Waals surface area contributed by atoms with Crippen LogP contribution in [0.1, 0.15) is 52.5 Å². The van der Waals surface area contributed by atoms with Crippen molar-refractivity contribution in [1.29, 1.82) is 0 Å². The molecule has 1 amide bonds. The molecule has 0 radical (unpaired) electrons. The lowest BCUT2D eigenvalue weighted by molar-refractivity contribution is 0.0500. The van der Waals surface area contributed by atoms with Gasteiger partial charge in [0.15, 0.2) is 0 Å². The van der Waals surface area contributed by atoms with Crippen molar-refractivity contribution in [1.82, 2.24) is 20.1 Å². The van der Waals surface area contributed by atoms with Crippen LogP contribution in [-0.2, 0) is 9.47 Å². The summed E-state index contributed by atoms with van der Waals surface area (Å²) in [5.41, 5.74) is 8.56. The van der Waals surface area contributed by atoms with Gasteiger partial charge in [0.25, 0.3) is 0 Å². The van der Waals surface area contributed by atoms with Gasteiger partial charge in [-0.3, -0.25) is 4.68 Å². The van der Waals surface area contributed by atoms with E-state index in [2.05, 4.69) is 26.5 Å². The minimum absolute atomic E-state index is 0.00537. The summed E-state index contributed by atoms with van der Waals surface area (Å²) in [6, 6.07) is 2.28. The molecule has 0 aliphatic carbocycles. The first kappa shape index (κ1) is 22.4. The summed E-state index contributed by atoms with van der Waals surface area (Å²) in [6.45, 7) is 8.72. The molecule has 0 saturated carbocycles. The fourth-order valence-electron chi connectivity index (χ4n) is 4.36. The molecule has 2 aliphatic rings. The molecule has 1 atom stereocenters. The van der Waals surface area contributed by atoms with Crippen molar-refractivity contribution in [2.75, 3.05) is 36.9 Å². The molecule has 0 unspecified atom stereocenters. The van der Waals surface area contributed by atoms with Crippen molar-refractivity contribution in [3.63, 3.8) is 0 Å². The zero-order chi connectivity index (χ0) is 22.7. The highest BCUT2D eigenvalue weighted by Gasteiger charge is 2.26. The summed E-state index contributed by atoms with van der Waals surface area (Å²) in [5.74, 6) is 0.475. The highest BCUT2D eigenvalue weighted by Crippen LogP contribution is 2.34. The predicted molar refractivity (Wildman–Crippen MR) is 124 cm³/mol. The maximum atomic E-state index is 12.3. The normalized spacial score (nSPS) is 20.2. The van der Waals surface area contributed by atoms with Crippen molar-refractivity contribution >= 4 is 17.6 Å². The molecule has 4 rings (SSSR count). The summed E-state index contributed by atoms with van der Waals surface area (Å²) < 4.78 is 13.0. The molecule has 0 spiro atoms. The summed E-state index contributed by atoms with van der Waals surface area (Å²) in [4.78, 5) is 18.9. The van der Waals surface area contributed by atoms with E-state index in [-0.39, 0.29) is 12.1 Å². The number of rotatable bonds is 4. The van der Waals surface area contributed by atoms with E-state index in [1.807, 2.05) is 43.9 Å². The first-order chi connectivity index (χ1) is 15.3. The van der Waals surface area contributed by atoms with Gasteiger partial charge in [-0.25, -0.2) is 9.78 Å². The number of nitrogens with two attached hydrogens (primary N) is 1. The van der Waals surface area contributed by atoms with Gasteiger partial charge in [0.1, 0.15) is 11.4 Å². The number of alkyl carbamates (subject to hydrolysis) is 1. The van der Waals surface area contributed by atoms with Crippen LogP contribution in [0.3, 0.4) is 0 Å². The van der Waals surface area contributed by atoms with Crippen LogP contribution in [0.4, 0.5) is 16.3 Å². The molecule has 9 heteroatoms. The highest BCUT2D eigenvalue weighted by atomic mass is 16.6. The quantitative estimate of drug-likeness (QED) is 0.747. The van der Waals surface area contributed by atoms with Gasteiger partial charge in [-0.1, -0.05) is 0 Å². The molecule has 0 aromatic carbocycles. The van der Waals surface area contributed by atoms with Crippen LogP contribution >= 0.6 is 0 Å². The minimum atomic E-state index is -0.518. The molecule has 2 saturated heterocycles. The van der Waals surface area contributed by atoms with Crippen LogP contribution in [0.2, 0.25) is 0 Å². The number of nitrogens with one attached hydrogen (secondary N) is 1. The molecule has 174 valence electrons. The first-order valence-corrected chi connectivity index (χ1v) is 11.4. The van der Waals surface area contributed by atoms with E-state index in [1.54, 1.807) is 0 Å². The average Bonchev–Trinajstić information content (AvgIpc) is 3.23. The van der Waals surface area contributed by atoms with E-state index < -0.39 is 5.60 Å². The van der Waals surface area contributed by atoms with Crippen LogP contribution in [0.25, 0.3) is 11.1 Å². The predicted octanol–water partition coefficient (Wildman–Crippen LogP) is 3.37. The molecule has 2 fully saturated rings. The molecule has 32 heavy (non-hydrogen) atoms. The van der Waals surface area contributed by atoms with Gasteiger partial charge in [-0.2, -0.15) is 5.10 Å². The smallest absolute Gasteiger partial charge is 0.407 e. The lowest BCUT2D eigenvalue weighted by Crippen LogP contribution is -2.49. The van der Waals surface area contributed by atoms with E-state index in [0.717, 1.165) is 62.3 Å². The van der Waals surface area contributed by atoms with Gasteiger partial charge < -0.3 is 25.4 Å². The maximum absolute atomic E-state index is 12.3. The molecule has 2 aromatic rings. The lowest BCUT2D eigenvalue weighted by Gasteiger charge is -2.36. The van der Waals surface area contributed by atoms with Gasteiger partial charge in [0.2, 0.25) is 0 Å². The number of carbonyl (C=O) groups excluding carboxylic acids is 1. The number of pyridine rings is 1. The van der Waals surface area contributed by atoms with Gasteiger partial charge in [0, 0.05) is 67.6 Å². The number of anilines is 2. The number of aromatic nitrogens is 3. The molecule has 0 bridgehead atoms. The molecule has 3 N–H and O–H groups in total. The molecule has 9 nitrogen and oxygen atoms in total. The Morgan fingerprint density at radius 1 is 1.25 bits per heavy atom. The Balaban J connectivity index is 1.52. The third-order valence-corrected chi connectivity index (χ3v) is 5.86. The second kappa shape index (κ2) is 9.36. The van der Waals surface area contributed by atoms with Gasteiger partial charge in [-0.15, -0.1) is 0 Å². The van der Waals surface area contributed by atoms with Crippen LogP contribution < -0.4 is 16.0 Å². The minimum Gasteiger partial charge on any atom is -0.444 e. The largest absolute Gasteiger partial charge is 0.444 e. The second-order valence-electron chi connectivity index (χ2n) is 9.61. The first-order valence-electron chi connectivity index (χ1n) is 11.4. The third-order valence-electron chi connectivity index (χ3n) is 5.86. The Kier molecular flexibility index (Phi) is 6.55. The lowest BCUT2D eigenvalue weighted by atomic mass is 10.0. The van der Waals surface area contributed by atoms with Gasteiger partial charge in [-0.05, 0) is 46.5 Å². The fourth-order valence-corrected chi connectivity index (χ4v) is 4.36. The van der Waals surface area contributed by atoms with E-state index in [1.165, 1.54) is 0 Å². The van der Waals surface area contributed by atoms with Crippen LogP contribution in [0.15, 0.2) is 24.7 Å². The van der Waals surface area contributed by atoms with Crippen LogP contribution in [-0.4, -0.2) is 58.8 Å². The number of nitrogen functional groups attached to an aromatic ring is 1. The van der Waals surface area contributed by atoms with Gasteiger partial charge in [0.05, 0.1) is 12.2 Å². The summed E-state index contributed by atoms with van der Waals surface area (Å²) in [7, 11) is 0. The number of nitrogens with zero attached hydrogens (tertiary/aromatic N) is 4. The Morgan fingerprint density at radius 2 is 2.03 bits per heavy atom. The Hall–Kier alpha value is -2.81. The zero-order valence-electron chi connectivity index (χ0n) is 19.2. The van der Waals surface area contributed by atoms with Gasteiger partial charge >= 0.3 is 6.09 Å². The van der Waals surface area contributed by atoms with Crippen molar-refractivity contribution < 1.29 is 14.3 Å². The standard InChI is InChI=1S/C23H34N6O3/c1-23(2,3)32-22(30)27-17-5-4-8-28(15-17)20-11-21(24)25-13-19(20)16-12-26-29(14-16)18-6-9-31-10-7-18/h11-14,17-18H,4-10,15H2,1-3H3,(H2,24,25)(H,27,30)/t17-/m0/s1. The average molecular weight is 443 g/mol. The van der Waals surface area contributed by atoms with E-state index in [4.69, 9.17) is 15.2 Å². The summed E-state index contributed by atoms with van der Waals surface area (Å²) >= 11 is 0. The molecular formula is C23H34N6O3. The number of amides is 1. The van der Waals surface area contributed by atoms with Crippen molar-refractivity contribution in [3.8, 4) is 11.1 Å². The molecule has 2 aromatic heterocycles.